The number of morpholine rings is 1. The van der Waals surface area contributed by atoms with E-state index < -0.39 is 17.3 Å². The summed E-state index contributed by atoms with van der Waals surface area (Å²) in [5, 5.41) is 20.9. The van der Waals surface area contributed by atoms with Crippen LogP contribution in [0.25, 0.3) is 0 Å². The van der Waals surface area contributed by atoms with Crippen LogP contribution < -0.4 is 0 Å². The largest absolute Gasteiger partial charge is 0.387 e. The Hall–Kier alpha value is -0.730. The highest BCUT2D eigenvalue weighted by atomic mass is 16.5. The smallest absolute Gasteiger partial charge is 0.223 e. The summed E-state index contributed by atoms with van der Waals surface area (Å²) in [6, 6.07) is 0. The molecule has 0 unspecified atom stereocenters. The molecule has 24 heavy (non-hydrogen) atoms. The summed E-state index contributed by atoms with van der Waals surface area (Å²) in [7, 11) is 0. The van der Waals surface area contributed by atoms with Crippen LogP contribution in [0, 0.1) is 0 Å². The van der Waals surface area contributed by atoms with Gasteiger partial charge in [0.05, 0.1) is 25.4 Å². The maximum atomic E-state index is 12.4. The van der Waals surface area contributed by atoms with Crippen molar-refractivity contribution in [2.75, 3.05) is 52.5 Å². The number of carbonyl (C=O) groups excluding carboxylic acids is 1. The summed E-state index contributed by atoms with van der Waals surface area (Å²) in [6.45, 7) is 7.33. The number of piperidine rings is 1. The molecule has 3 saturated heterocycles. The van der Waals surface area contributed by atoms with Gasteiger partial charge in [0.15, 0.2) is 0 Å². The molecule has 0 aliphatic carbocycles. The molecule has 7 nitrogen and oxygen atoms in total. The monoisotopic (exact) mass is 342 g/mol. The number of carbonyl (C=O) groups is 1. The summed E-state index contributed by atoms with van der Waals surface area (Å²) in [6.07, 6.45) is 1.22. The third-order valence-corrected chi connectivity index (χ3v) is 5.79. The lowest BCUT2D eigenvalue weighted by Gasteiger charge is -2.51. The van der Waals surface area contributed by atoms with Crippen LogP contribution in [0.15, 0.2) is 0 Å². The van der Waals surface area contributed by atoms with E-state index in [1.807, 2.05) is 4.90 Å². The Labute approximate surface area is 143 Å². The van der Waals surface area contributed by atoms with Crippen molar-refractivity contribution in [3.8, 4) is 0 Å². The van der Waals surface area contributed by atoms with Gasteiger partial charge in [-0.1, -0.05) is 0 Å². The number of ether oxygens (including phenoxy) is 2. The molecule has 2 N–H and O–H groups in total. The molecule has 2 atom stereocenters. The fourth-order valence-corrected chi connectivity index (χ4v) is 4.03. The number of aliphatic hydroxyl groups excluding tert-OH is 1. The molecular formula is C17H30N2O5. The molecule has 0 aromatic carbocycles. The number of likely N-dealkylation sites (tertiary alicyclic amines) is 1. The number of rotatable bonds is 3. The van der Waals surface area contributed by atoms with Crippen molar-refractivity contribution in [2.24, 2.45) is 0 Å². The molecule has 0 bridgehead atoms. The van der Waals surface area contributed by atoms with E-state index in [1.165, 1.54) is 0 Å². The molecule has 1 amide bonds. The SMILES string of the molecule is C[C@@]1(O)CCOC2(CCN(C(=O)CCN3CCOCC3)CC2)[C@H]1O. The van der Waals surface area contributed by atoms with Crippen molar-refractivity contribution < 1.29 is 24.5 Å². The lowest BCUT2D eigenvalue weighted by atomic mass is 9.75. The predicted octanol–water partition coefficient (Wildman–Crippen LogP) is -0.398. The van der Waals surface area contributed by atoms with Gasteiger partial charge < -0.3 is 24.6 Å². The van der Waals surface area contributed by atoms with Crippen LogP contribution >= 0.6 is 0 Å². The first-order valence-corrected chi connectivity index (χ1v) is 9.05. The zero-order chi connectivity index (χ0) is 17.2. The van der Waals surface area contributed by atoms with Crippen LogP contribution in [-0.4, -0.2) is 95.8 Å². The Balaban J connectivity index is 1.48. The third-order valence-electron chi connectivity index (χ3n) is 5.79. The number of amides is 1. The number of nitrogens with zero attached hydrogens (tertiary/aromatic N) is 2. The Morgan fingerprint density at radius 2 is 1.79 bits per heavy atom. The fraction of sp³-hybridized carbons (Fsp3) is 0.941. The average molecular weight is 342 g/mol. The first kappa shape index (κ1) is 18.1. The van der Waals surface area contributed by atoms with Crippen molar-refractivity contribution in [3.05, 3.63) is 0 Å². The fourth-order valence-electron chi connectivity index (χ4n) is 4.03. The lowest BCUT2D eigenvalue weighted by molar-refractivity contribution is -0.245. The van der Waals surface area contributed by atoms with Gasteiger partial charge in [-0.2, -0.15) is 0 Å². The summed E-state index contributed by atoms with van der Waals surface area (Å²) in [4.78, 5) is 16.6. The molecule has 3 fully saturated rings. The van der Waals surface area contributed by atoms with Gasteiger partial charge in [0.1, 0.15) is 11.7 Å². The molecule has 0 aromatic rings. The maximum Gasteiger partial charge on any atom is 0.223 e. The molecule has 3 heterocycles. The van der Waals surface area contributed by atoms with Crippen molar-refractivity contribution in [2.45, 2.75) is 49.9 Å². The van der Waals surface area contributed by atoms with E-state index >= 15 is 0 Å². The first-order chi connectivity index (χ1) is 11.4. The lowest BCUT2D eigenvalue weighted by Crippen LogP contribution is -2.64. The summed E-state index contributed by atoms with van der Waals surface area (Å²) in [5.41, 5.74) is -1.82. The van der Waals surface area contributed by atoms with Gasteiger partial charge in [0.25, 0.3) is 0 Å². The van der Waals surface area contributed by atoms with Crippen LogP contribution in [0.4, 0.5) is 0 Å². The highest BCUT2D eigenvalue weighted by Crippen LogP contribution is 2.39. The molecule has 0 saturated carbocycles. The molecule has 3 aliphatic rings. The minimum absolute atomic E-state index is 0.161. The van der Waals surface area contributed by atoms with Crippen LogP contribution in [-0.2, 0) is 14.3 Å². The van der Waals surface area contributed by atoms with Crippen molar-refractivity contribution in [3.63, 3.8) is 0 Å². The number of hydrogen-bond acceptors (Lipinski definition) is 6. The summed E-state index contributed by atoms with van der Waals surface area (Å²) >= 11 is 0. The van der Waals surface area contributed by atoms with Gasteiger partial charge in [0, 0.05) is 45.6 Å². The van der Waals surface area contributed by atoms with E-state index in [9.17, 15) is 15.0 Å². The molecule has 1 spiro atoms. The molecule has 0 radical (unpaired) electrons. The van der Waals surface area contributed by atoms with Crippen LogP contribution in [0.3, 0.4) is 0 Å². The second-order valence-electron chi connectivity index (χ2n) is 7.51. The second-order valence-corrected chi connectivity index (χ2v) is 7.51. The quantitative estimate of drug-likeness (QED) is 0.726. The van der Waals surface area contributed by atoms with Crippen molar-refractivity contribution in [1.29, 1.82) is 0 Å². The molecule has 7 heteroatoms. The molecule has 3 aliphatic heterocycles. The van der Waals surface area contributed by atoms with E-state index in [0.717, 1.165) is 32.8 Å². The van der Waals surface area contributed by atoms with E-state index in [-0.39, 0.29) is 5.91 Å². The Bertz CT molecular complexity index is 442. The van der Waals surface area contributed by atoms with Crippen molar-refractivity contribution >= 4 is 5.91 Å². The molecule has 0 aromatic heterocycles. The van der Waals surface area contributed by atoms with Crippen molar-refractivity contribution in [1.82, 2.24) is 9.80 Å². The Kier molecular flexibility index (Phi) is 5.46. The highest BCUT2D eigenvalue weighted by molar-refractivity contribution is 5.76. The standard InChI is InChI=1S/C17H30N2O5/c1-16(22)5-11-24-17(15(16)21)3-7-19(8-4-17)14(20)2-6-18-9-12-23-13-10-18/h15,21-22H,2-13H2,1H3/t15-,16+/m0/s1. The maximum absolute atomic E-state index is 12.4. The normalized spacial score (nSPS) is 34.5. The van der Waals surface area contributed by atoms with E-state index in [1.54, 1.807) is 6.92 Å². The van der Waals surface area contributed by atoms with Gasteiger partial charge in [-0.25, -0.2) is 0 Å². The summed E-state index contributed by atoms with van der Waals surface area (Å²) in [5.74, 6) is 0.161. The van der Waals surface area contributed by atoms with E-state index in [0.29, 0.717) is 45.4 Å². The number of hydrogen-bond donors (Lipinski definition) is 2. The average Bonchev–Trinajstić information content (AvgIpc) is 2.59. The Morgan fingerprint density at radius 1 is 1.12 bits per heavy atom. The zero-order valence-electron chi connectivity index (χ0n) is 14.6. The highest BCUT2D eigenvalue weighted by Gasteiger charge is 2.52. The van der Waals surface area contributed by atoms with Crippen LogP contribution in [0.2, 0.25) is 0 Å². The van der Waals surface area contributed by atoms with E-state index in [2.05, 4.69) is 4.90 Å². The minimum Gasteiger partial charge on any atom is -0.387 e. The van der Waals surface area contributed by atoms with Gasteiger partial charge in [-0.05, 0) is 19.8 Å². The van der Waals surface area contributed by atoms with E-state index in [4.69, 9.17) is 9.47 Å². The van der Waals surface area contributed by atoms with Crippen LogP contribution in [0.1, 0.15) is 32.6 Å². The summed E-state index contributed by atoms with van der Waals surface area (Å²) < 4.78 is 11.2. The molecular weight excluding hydrogens is 312 g/mol. The zero-order valence-corrected chi connectivity index (χ0v) is 14.6. The van der Waals surface area contributed by atoms with Crippen LogP contribution in [0.5, 0.6) is 0 Å². The van der Waals surface area contributed by atoms with Gasteiger partial charge in [-0.15, -0.1) is 0 Å². The van der Waals surface area contributed by atoms with Gasteiger partial charge in [0.2, 0.25) is 5.91 Å². The van der Waals surface area contributed by atoms with Gasteiger partial charge in [-0.3, -0.25) is 9.69 Å². The Morgan fingerprint density at radius 3 is 2.46 bits per heavy atom. The molecule has 3 rings (SSSR count). The van der Waals surface area contributed by atoms with Gasteiger partial charge >= 0.3 is 0 Å². The topological polar surface area (TPSA) is 82.5 Å². The third kappa shape index (κ3) is 3.75. The minimum atomic E-state index is -1.11. The number of aliphatic hydroxyl groups is 2. The first-order valence-electron chi connectivity index (χ1n) is 9.05. The predicted molar refractivity (Wildman–Crippen MR) is 87.6 cm³/mol. The second kappa shape index (κ2) is 7.25. The molecule has 138 valence electrons.